The first-order chi connectivity index (χ1) is 30.5. The lowest BCUT2D eigenvalue weighted by molar-refractivity contribution is -0.163. The smallest absolute Gasteiger partial charge is 0.333 e. The molecule has 0 aliphatic heterocycles. The molecule has 13 heteroatoms. The van der Waals surface area contributed by atoms with Crippen molar-refractivity contribution in [3.63, 3.8) is 0 Å². The van der Waals surface area contributed by atoms with Crippen LogP contribution in [0.25, 0.3) is 11.1 Å². The van der Waals surface area contributed by atoms with Gasteiger partial charge in [0, 0.05) is 27.9 Å². The zero-order chi connectivity index (χ0) is 47.4. The van der Waals surface area contributed by atoms with Crippen LogP contribution in [-0.2, 0) is 70.2 Å². The van der Waals surface area contributed by atoms with Gasteiger partial charge in [-0.05, 0) is 92.2 Å². The molecule has 13 nitrogen and oxygen atoms in total. The largest absolute Gasteiger partial charge is 0.492 e. The van der Waals surface area contributed by atoms with Crippen LogP contribution in [0.4, 0.5) is 0 Å². The van der Waals surface area contributed by atoms with Crippen molar-refractivity contribution in [3.05, 3.63) is 102 Å². The summed E-state index contributed by atoms with van der Waals surface area (Å²) in [5.74, 6) is -3.23. The Bertz CT molecular complexity index is 1990. The molecule has 0 unspecified atom stereocenters. The number of carbonyl (C=O) groups is 6. The molecule has 0 aromatic heterocycles. The summed E-state index contributed by atoms with van der Waals surface area (Å²) in [6.45, 7) is 19.6. The number of unbranched alkanes of at least 4 members (excludes halogenated alkanes) is 2. The van der Waals surface area contributed by atoms with Crippen LogP contribution in [0.2, 0.25) is 0 Å². The number of aryl methyl sites for hydroxylation is 1. The van der Waals surface area contributed by atoms with Crippen LogP contribution in [0.3, 0.4) is 0 Å². The lowest BCUT2D eigenvalue weighted by Crippen LogP contribution is -2.44. The van der Waals surface area contributed by atoms with Crippen molar-refractivity contribution in [1.29, 1.82) is 0 Å². The average Bonchev–Trinajstić information content (AvgIpc) is 3.29. The Morgan fingerprint density at radius 3 is 1.73 bits per heavy atom. The van der Waals surface area contributed by atoms with Gasteiger partial charge in [0.2, 0.25) is 0 Å². The third-order valence-corrected chi connectivity index (χ3v) is 11.3. The van der Waals surface area contributed by atoms with E-state index in [2.05, 4.69) is 67.8 Å². The van der Waals surface area contributed by atoms with Crippen molar-refractivity contribution in [2.75, 3.05) is 40.6 Å². The van der Waals surface area contributed by atoms with E-state index in [9.17, 15) is 28.8 Å². The summed E-state index contributed by atoms with van der Waals surface area (Å²) in [4.78, 5) is 75.4. The minimum Gasteiger partial charge on any atom is -0.492 e. The van der Waals surface area contributed by atoms with Gasteiger partial charge in [0.1, 0.15) is 44.2 Å². The van der Waals surface area contributed by atoms with Crippen LogP contribution < -0.4 is 4.74 Å². The first-order valence-corrected chi connectivity index (χ1v) is 21.8. The van der Waals surface area contributed by atoms with Crippen molar-refractivity contribution in [2.45, 2.75) is 111 Å². The van der Waals surface area contributed by atoms with Crippen LogP contribution in [0, 0.1) is 11.3 Å². The molecule has 64 heavy (non-hydrogen) atoms. The Morgan fingerprint density at radius 1 is 0.641 bits per heavy atom. The summed E-state index contributed by atoms with van der Waals surface area (Å²) in [6.07, 6.45) is 9.75. The molecule has 1 fully saturated rings. The van der Waals surface area contributed by atoms with Gasteiger partial charge in [-0.1, -0.05) is 90.1 Å². The van der Waals surface area contributed by atoms with Gasteiger partial charge in [0.25, 0.3) is 0 Å². The number of esters is 6. The third-order valence-electron chi connectivity index (χ3n) is 11.3. The van der Waals surface area contributed by atoms with Crippen molar-refractivity contribution in [3.8, 4) is 16.9 Å². The fourth-order valence-electron chi connectivity index (χ4n) is 7.35. The predicted octanol–water partition coefficient (Wildman–Crippen LogP) is 9.20. The molecule has 348 valence electrons. The maximum atomic E-state index is 13.0. The maximum absolute atomic E-state index is 13.0. The highest BCUT2D eigenvalue weighted by Gasteiger charge is 2.38. The Balaban J connectivity index is 2.02. The number of hydrogen-bond acceptors (Lipinski definition) is 13. The van der Waals surface area contributed by atoms with Gasteiger partial charge in [-0.25, -0.2) is 19.2 Å². The zero-order valence-electron chi connectivity index (χ0n) is 38.6. The molecule has 0 N–H and O–H groups in total. The molecule has 1 aliphatic rings. The normalized spacial score (nSPS) is 14.6. The minimum absolute atomic E-state index is 0.0643. The molecule has 0 spiro atoms. The van der Waals surface area contributed by atoms with Crippen LogP contribution in [0.1, 0.15) is 115 Å². The molecule has 0 atom stereocenters. The number of rotatable bonds is 26. The zero-order valence-corrected chi connectivity index (χ0v) is 38.6. The van der Waals surface area contributed by atoms with Gasteiger partial charge in [-0.15, -0.1) is 0 Å². The number of hydrogen-bond donors (Lipinski definition) is 0. The number of benzene rings is 2. The van der Waals surface area contributed by atoms with Crippen LogP contribution >= 0.6 is 0 Å². The SMILES string of the molecule is C=C(C)C(=O)OCc1cc(-c2ccc(C3CCC(CCCCC)CC3)cc2CC)ccc1OCC(COC(=O)CC(=C)C(=O)OC)(COC(=O)CC(=C)C(=O)OC)COC(=O)C(=C)C. The van der Waals surface area contributed by atoms with Crippen LogP contribution in [-0.4, -0.2) is 76.5 Å². The van der Waals surface area contributed by atoms with Crippen LogP contribution in [0.15, 0.2) is 85.0 Å². The topological polar surface area (TPSA) is 167 Å². The first kappa shape index (κ1) is 52.4. The van der Waals surface area contributed by atoms with Gasteiger partial charge in [-0.2, -0.15) is 0 Å². The fourth-order valence-corrected chi connectivity index (χ4v) is 7.35. The highest BCUT2D eigenvalue weighted by Crippen LogP contribution is 2.40. The third kappa shape index (κ3) is 16.3. The Hall–Kier alpha value is -5.98. The second-order valence-electron chi connectivity index (χ2n) is 16.7. The average molecular weight is 887 g/mol. The van der Waals surface area contributed by atoms with E-state index in [1.165, 1.54) is 76.3 Å². The molecule has 0 bridgehead atoms. The lowest BCUT2D eigenvalue weighted by Gasteiger charge is -2.32. The van der Waals surface area contributed by atoms with E-state index in [1.54, 1.807) is 6.07 Å². The van der Waals surface area contributed by atoms with Crippen molar-refractivity contribution in [2.24, 2.45) is 11.3 Å². The molecular formula is C51H66O13. The first-order valence-electron chi connectivity index (χ1n) is 21.8. The van der Waals surface area contributed by atoms with Gasteiger partial charge < -0.3 is 33.2 Å². The van der Waals surface area contributed by atoms with E-state index in [4.69, 9.17) is 23.7 Å². The molecule has 0 heterocycles. The highest BCUT2D eigenvalue weighted by atomic mass is 16.6. The summed E-state index contributed by atoms with van der Waals surface area (Å²) in [6, 6.07) is 12.1. The summed E-state index contributed by atoms with van der Waals surface area (Å²) in [7, 11) is 2.28. The minimum atomic E-state index is -1.60. The molecule has 2 aromatic rings. The molecule has 1 aliphatic carbocycles. The summed E-state index contributed by atoms with van der Waals surface area (Å²) in [5.41, 5.74) is 3.18. The van der Waals surface area contributed by atoms with E-state index < -0.39 is 80.5 Å². The second kappa shape index (κ2) is 26.0. The van der Waals surface area contributed by atoms with E-state index in [1.807, 2.05) is 12.1 Å². The highest BCUT2D eigenvalue weighted by molar-refractivity contribution is 5.94. The maximum Gasteiger partial charge on any atom is 0.333 e. The molecular weight excluding hydrogens is 821 g/mol. The quantitative estimate of drug-likeness (QED) is 0.0380. The number of ether oxygens (including phenoxy) is 7. The molecule has 2 aromatic carbocycles. The van der Waals surface area contributed by atoms with E-state index >= 15 is 0 Å². The van der Waals surface area contributed by atoms with E-state index in [0.717, 1.165) is 37.7 Å². The van der Waals surface area contributed by atoms with Gasteiger partial charge >= 0.3 is 35.8 Å². The molecule has 0 radical (unpaired) electrons. The second-order valence-corrected chi connectivity index (χ2v) is 16.7. The summed E-state index contributed by atoms with van der Waals surface area (Å²) < 4.78 is 38.0. The number of methoxy groups -OCH3 is 2. The van der Waals surface area contributed by atoms with Crippen molar-refractivity contribution in [1.82, 2.24) is 0 Å². The van der Waals surface area contributed by atoms with E-state index in [-0.39, 0.29) is 34.6 Å². The van der Waals surface area contributed by atoms with Gasteiger partial charge in [0.15, 0.2) is 0 Å². The van der Waals surface area contributed by atoms with Crippen LogP contribution in [0.5, 0.6) is 5.75 Å². The Morgan fingerprint density at radius 2 is 1.20 bits per heavy atom. The molecule has 3 rings (SSSR count). The number of carbonyl (C=O) groups excluding carboxylic acids is 6. The monoisotopic (exact) mass is 886 g/mol. The molecule has 1 saturated carbocycles. The Kier molecular flexibility index (Phi) is 21.2. The summed E-state index contributed by atoms with van der Waals surface area (Å²) in [5, 5.41) is 0. The summed E-state index contributed by atoms with van der Waals surface area (Å²) >= 11 is 0. The van der Waals surface area contributed by atoms with Crippen molar-refractivity contribution < 1.29 is 61.9 Å². The standard InChI is InChI=1S/C51H66O13/c1-11-13-14-15-37-16-18-39(19-17-37)40-20-22-43(38(12-2)26-40)41-21-23-44(42(27-41)28-60-47(54)33(3)4)61-29-51(32-64-48(55)34(5)6,30-62-45(52)24-35(7)49(56)58-9)31-63-46(53)25-36(8)50(57)59-10/h20-23,26-27,37,39H,3,5,7-8,11-19,24-25,28-32H2,1-2,4,6,9-10H3. The van der Waals surface area contributed by atoms with Crippen molar-refractivity contribution >= 4 is 35.8 Å². The molecule has 0 saturated heterocycles. The van der Waals surface area contributed by atoms with Gasteiger partial charge in [0.05, 0.1) is 27.1 Å². The fraction of sp³-hybridized carbons (Fsp3) is 0.490. The predicted molar refractivity (Wildman–Crippen MR) is 242 cm³/mol. The van der Waals surface area contributed by atoms with Gasteiger partial charge in [-0.3, -0.25) is 9.59 Å². The Labute approximate surface area is 378 Å². The van der Waals surface area contributed by atoms with E-state index in [0.29, 0.717) is 11.5 Å². The lowest BCUT2D eigenvalue weighted by atomic mass is 9.76. The molecule has 0 amide bonds.